The molecule has 0 N–H and O–H groups in total. The van der Waals surface area contributed by atoms with Gasteiger partial charge in [-0.3, -0.25) is 4.79 Å². The van der Waals surface area contributed by atoms with E-state index in [0.717, 1.165) is 6.42 Å². The van der Waals surface area contributed by atoms with Crippen LogP contribution in [0.4, 0.5) is 0 Å². The molecule has 0 aliphatic carbocycles. The lowest BCUT2D eigenvalue weighted by Gasteiger charge is -2.02. The average molecular weight is 381 g/mol. The Bertz CT molecular complexity index is 322. The largest absolute Gasteiger partial charge is 0.469 e. The number of methoxy groups -OCH3 is 1. The molecule has 0 aromatic rings. The maximum absolute atomic E-state index is 11.0. The second-order valence-electron chi connectivity index (χ2n) is 8.03. The monoisotopic (exact) mass is 380 g/mol. The first-order valence-electron chi connectivity index (χ1n) is 12.0. The van der Waals surface area contributed by atoms with Crippen molar-refractivity contribution in [3.05, 3.63) is 12.2 Å². The van der Waals surface area contributed by atoms with Gasteiger partial charge in [0.15, 0.2) is 0 Å². The third-order valence-corrected chi connectivity index (χ3v) is 5.37. The number of carbonyl (C=O) groups is 1. The lowest BCUT2D eigenvalue weighted by atomic mass is 10.0. The van der Waals surface area contributed by atoms with Gasteiger partial charge >= 0.3 is 5.97 Å². The third kappa shape index (κ3) is 23.2. The lowest BCUT2D eigenvalue weighted by Crippen LogP contribution is -1.99. The fourth-order valence-corrected chi connectivity index (χ4v) is 3.50. The van der Waals surface area contributed by atoms with Gasteiger partial charge < -0.3 is 4.74 Å². The molecule has 0 rings (SSSR count). The minimum atomic E-state index is -0.0664. The second-order valence-corrected chi connectivity index (χ2v) is 8.03. The topological polar surface area (TPSA) is 26.3 Å². The van der Waals surface area contributed by atoms with E-state index in [4.69, 9.17) is 0 Å². The summed E-state index contributed by atoms with van der Waals surface area (Å²) in [5, 5.41) is 0. The molecule has 0 amide bonds. The molecule has 0 atom stereocenters. The molecule has 0 saturated heterocycles. The van der Waals surface area contributed by atoms with E-state index >= 15 is 0 Å². The van der Waals surface area contributed by atoms with Crippen LogP contribution >= 0.6 is 0 Å². The highest BCUT2D eigenvalue weighted by Crippen LogP contribution is 2.13. The van der Waals surface area contributed by atoms with Crippen molar-refractivity contribution < 1.29 is 9.53 Å². The van der Waals surface area contributed by atoms with Gasteiger partial charge in [0.25, 0.3) is 0 Å². The fourth-order valence-electron chi connectivity index (χ4n) is 3.50. The molecule has 0 radical (unpaired) electrons. The molecule has 0 aromatic carbocycles. The van der Waals surface area contributed by atoms with Crippen LogP contribution in [0.5, 0.6) is 0 Å². The maximum Gasteiger partial charge on any atom is 0.305 e. The average Bonchev–Trinajstić information content (AvgIpc) is 2.68. The number of hydrogen-bond acceptors (Lipinski definition) is 2. The van der Waals surface area contributed by atoms with Gasteiger partial charge in [0, 0.05) is 6.42 Å². The number of allylic oxidation sites excluding steroid dienone is 2. The summed E-state index contributed by atoms with van der Waals surface area (Å²) in [6.45, 7) is 2.28. The summed E-state index contributed by atoms with van der Waals surface area (Å²) < 4.78 is 4.65. The summed E-state index contributed by atoms with van der Waals surface area (Å²) >= 11 is 0. The quantitative estimate of drug-likeness (QED) is 0.113. The van der Waals surface area contributed by atoms with E-state index in [1.54, 1.807) is 0 Å². The Morgan fingerprint density at radius 2 is 0.963 bits per heavy atom. The van der Waals surface area contributed by atoms with Gasteiger partial charge in [-0.1, -0.05) is 109 Å². The Morgan fingerprint density at radius 1 is 0.593 bits per heavy atom. The number of unbranched alkanes of at least 4 members (excludes halogenated alkanes) is 17. The summed E-state index contributed by atoms with van der Waals surface area (Å²) in [7, 11) is 1.47. The highest BCUT2D eigenvalue weighted by molar-refractivity contribution is 5.68. The van der Waals surface area contributed by atoms with E-state index < -0.39 is 0 Å². The minimum absolute atomic E-state index is 0.0664. The molecule has 160 valence electrons. The number of carbonyl (C=O) groups excluding carboxylic acids is 1. The zero-order valence-corrected chi connectivity index (χ0v) is 18.6. The van der Waals surface area contributed by atoms with E-state index in [0.29, 0.717) is 6.42 Å². The second kappa shape index (κ2) is 23.2. The summed E-state index contributed by atoms with van der Waals surface area (Å²) in [6.07, 6.45) is 30.8. The highest BCUT2D eigenvalue weighted by atomic mass is 16.5. The van der Waals surface area contributed by atoms with Crippen molar-refractivity contribution in [2.75, 3.05) is 7.11 Å². The number of ether oxygens (including phenoxy) is 1. The SMILES string of the molecule is CCCCCCCCC=CCCCCCCCCCCCCCC(=O)OC. The molecule has 0 spiro atoms. The van der Waals surface area contributed by atoms with Crippen LogP contribution in [-0.4, -0.2) is 13.1 Å². The molecule has 0 fully saturated rings. The molecule has 27 heavy (non-hydrogen) atoms. The molecule has 2 nitrogen and oxygen atoms in total. The zero-order valence-electron chi connectivity index (χ0n) is 18.6. The van der Waals surface area contributed by atoms with Crippen LogP contribution in [0.3, 0.4) is 0 Å². The number of esters is 1. The number of hydrogen-bond donors (Lipinski definition) is 0. The van der Waals surface area contributed by atoms with Crippen LogP contribution < -0.4 is 0 Å². The van der Waals surface area contributed by atoms with Crippen molar-refractivity contribution in [1.82, 2.24) is 0 Å². The molecule has 0 bridgehead atoms. The molecule has 0 saturated carbocycles. The van der Waals surface area contributed by atoms with E-state index in [1.165, 1.54) is 123 Å². The molecule has 2 heteroatoms. The predicted octanol–water partition coefficient (Wildman–Crippen LogP) is 8.54. The van der Waals surface area contributed by atoms with Gasteiger partial charge in [-0.25, -0.2) is 0 Å². The summed E-state index contributed by atoms with van der Waals surface area (Å²) in [5.74, 6) is -0.0664. The van der Waals surface area contributed by atoms with Gasteiger partial charge in [-0.2, -0.15) is 0 Å². The van der Waals surface area contributed by atoms with E-state index in [9.17, 15) is 4.79 Å². The van der Waals surface area contributed by atoms with E-state index in [2.05, 4.69) is 23.8 Å². The van der Waals surface area contributed by atoms with Crippen molar-refractivity contribution in [2.24, 2.45) is 0 Å². The first-order valence-corrected chi connectivity index (χ1v) is 12.0. The maximum atomic E-state index is 11.0. The van der Waals surface area contributed by atoms with Crippen LogP contribution in [0, 0.1) is 0 Å². The lowest BCUT2D eigenvalue weighted by molar-refractivity contribution is -0.140. The van der Waals surface area contributed by atoms with Gasteiger partial charge in [0.1, 0.15) is 0 Å². The van der Waals surface area contributed by atoms with Gasteiger partial charge in [0.2, 0.25) is 0 Å². The Balaban J connectivity index is 3.08. The number of rotatable bonds is 21. The molecule has 0 aliphatic rings. The Labute approximate surface area is 170 Å². The van der Waals surface area contributed by atoms with Crippen molar-refractivity contribution in [2.45, 2.75) is 135 Å². The zero-order chi connectivity index (χ0) is 19.8. The first kappa shape index (κ1) is 26.2. The van der Waals surface area contributed by atoms with Crippen molar-refractivity contribution in [3.63, 3.8) is 0 Å². The van der Waals surface area contributed by atoms with Crippen molar-refractivity contribution in [1.29, 1.82) is 0 Å². The molecule has 0 aromatic heterocycles. The molecule has 0 aliphatic heterocycles. The molecule has 0 heterocycles. The third-order valence-electron chi connectivity index (χ3n) is 5.37. The Hall–Kier alpha value is -0.790. The Morgan fingerprint density at radius 3 is 1.37 bits per heavy atom. The van der Waals surface area contributed by atoms with Gasteiger partial charge in [0.05, 0.1) is 7.11 Å². The van der Waals surface area contributed by atoms with Crippen LogP contribution in [0.25, 0.3) is 0 Å². The summed E-state index contributed by atoms with van der Waals surface area (Å²) in [6, 6.07) is 0. The van der Waals surface area contributed by atoms with E-state index in [1.807, 2.05) is 0 Å². The first-order chi connectivity index (χ1) is 13.3. The summed E-state index contributed by atoms with van der Waals surface area (Å²) in [4.78, 5) is 11.0. The molecular formula is C25H48O2. The normalized spacial score (nSPS) is 11.3. The van der Waals surface area contributed by atoms with Crippen LogP contribution in [0.1, 0.15) is 135 Å². The predicted molar refractivity (Wildman–Crippen MR) is 119 cm³/mol. The van der Waals surface area contributed by atoms with Crippen molar-refractivity contribution >= 4 is 5.97 Å². The van der Waals surface area contributed by atoms with Crippen LogP contribution in [0.2, 0.25) is 0 Å². The minimum Gasteiger partial charge on any atom is -0.469 e. The molecule has 0 unspecified atom stereocenters. The van der Waals surface area contributed by atoms with Crippen LogP contribution in [0.15, 0.2) is 12.2 Å². The van der Waals surface area contributed by atoms with Crippen LogP contribution in [-0.2, 0) is 9.53 Å². The van der Waals surface area contributed by atoms with Gasteiger partial charge in [-0.15, -0.1) is 0 Å². The fraction of sp³-hybridized carbons (Fsp3) is 0.880. The van der Waals surface area contributed by atoms with Gasteiger partial charge in [-0.05, 0) is 32.1 Å². The Kier molecular flexibility index (Phi) is 22.6. The highest BCUT2D eigenvalue weighted by Gasteiger charge is 1.99. The van der Waals surface area contributed by atoms with Crippen molar-refractivity contribution in [3.8, 4) is 0 Å². The molecular weight excluding hydrogens is 332 g/mol. The standard InChI is InChI=1S/C25H48O2/c1-3-4-5-6-7-8-9-10-11-12-13-14-15-16-17-18-19-20-21-22-23-24-25(26)27-2/h10-11H,3-9,12-24H2,1-2H3. The van der Waals surface area contributed by atoms with E-state index in [-0.39, 0.29) is 5.97 Å². The smallest absolute Gasteiger partial charge is 0.305 e. The summed E-state index contributed by atoms with van der Waals surface area (Å²) in [5.41, 5.74) is 0.